The maximum absolute atomic E-state index is 13.9. The highest BCUT2D eigenvalue weighted by molar-refractivity contribution is 5.94. The molecule has 44 heavy (non-hydrogen) atoms. The number of nitro benzene ring substituents is 1. The van der Waals surface area contributed by atoms with E-state index in [-0.39, 0.29) is 12.1 Å². The Morgan fingerprint density at radius 1 is 0.955 bits per heavy atom. The lowest BCUT2D eigenvalue weighted by molar-refractivity contribution is -0.384. The summed E-state index contributed by atoms with van der Waals surface area (Å²) in [6.45, 7) is 3.11. The lowest BCUT2D eigenvalue weighted by Gasteiger charge is -2.42. The highest BCUT2D eigenvalue weighted by Crippen LogP contribution is 2.49. The first kappa shape index (κ1) is 34.2. The van der Waals surface area contributed by atoms with Gasteiger partial charge in [0.05, 0.1) is 40.9 Å². The van der Waals surface area contributed by atoms with Gasteiger partial charge < -0.3 is 9.47 Å². The molecule has 2 atom stereocenters. The molecule has 2 amide bonds. The van der Waals surface area contributed by atoms with E-state index in [4.69, 9.17) is 4.74 Å². The Morgan fingerprint density at radius 3 is 1.89 bits per heavy atom. The van der Waals surface area contributed by atoms with Crippen molar-refractivity contribution in [2.24, 2.45) is 0 Å². The lowest BCUT2D eigenvalue weighted by Crippen LogP contribution is -2.48. The smallest absolute Gasteiger partial charge is 0.416 e. The highest BCUT2D eigenvalue weighted by Gasteiger charge is 2.46. The molecule has 0 spiro atoms. The minimum Gasteiger partial charge on any atom is -0.453 e. The van der Waals surface area contributed by atoms with E-state index in [0.717, 1.165) is 7.11 Å². The van der Waals surface area contributed by atoms with Crippen LogP contribution in [0.1, 0.15) is 61.1 Å². The van der Waals surface area contributed by atoms with Gasteiger partial charge in [-0.25, -0.2) is 9.59 Å². The van der Waals surface area contributed by atoms with E-state index in [2.05, 4.69) is 4.74 Å². The summed E-state index contributed by atoms with van der Waals surface area (Å²) in [5.74, 6) is 0. The predicted molar refractivity (Wildman–Crippen MR) is 133 cm³/mol. The maximum atomic E-state index is 13.9. The van der Waals surface area contributed by atoms with Crippen LogP contribution in [0, 0.1) is 10.1 Å². The molecule has 2 aromatic carbocycles. The molecule has 242 valence electrons. The first-order valence-electron chi connectivity index (χ1n) is 12.6. The topological polar surface area (TPSA) is 102 Å². The number of halogens is 9. The van der Waals surface area contributed by atoms with E-state index in [1.165, 1.54) is 20.8 Å². The molecular formula is C26H24F9N3O6. The number of rotatable bonds is 5. The van der Waals surface area contributed by atoms with Gasteiger partial charge in [-0.2, -0.15) is 39.5 Å². The summed E-state index contributed by atoms with van der Waals surface area (Å²) in [5.41, 5.74) is -8.29. The van der Waals surface area contributed by atoms with Gasteiger partial charge in [0, 0.05) is 24.2 Å². The average Bonchev–Trinajstić information content (AvgIpc) is 2.88. The summed E-state index contributed by atoms with van der Waals surface area (Å²) < 4.78 is 132. The van der Waals surface area contributed by atoms with Crippen molar-refractivity contribution in [1.82, 2.24) is 4.90 Å². The van der Waals surface area contributed by atoms with Gasteiger partial charge in [-0.1, -0.05) is 0 Å². The summed E-state index contributed by atoms with van der Waals surface area (Å²) in [6, 6.07) is -1.75. The summed E-state index contributed by atoms with van der Waals surface area (Å²) in [5, 5.41) is 12.0. The summed E-state index contributed by atoms with van der Waals surface area (Å²) in [7, 11) is 0.802. The number of nitro groups is 1. The van der Waals surface area contributed by atoms with Crippen LogP contribution in [0.15, 0.2) is 30.3 Å². The van der Waals surface area contributed by atoms with Crippen LogP contribution in [0.4, 0.5) is 60.5 Å². The highest BCUT2D eigenvalue weighted by atomic mass is 19.4. The second kappa shape index (κ2) is 12.0. The van der Waals surface area contributed by atoms with Crippen molar-refractivity contribution >= 4 is 23.6 Å². The predicted octanol–water partition coefficient (Wildman–Crippen LogP) is 8.10. The van der Waals surface area contributed by atoms with Crippen LogP contribution in [-0.4, -0.2) is 41.3 Å². The van der Waals surface area contributed by atoms with Crippen molar-refractivity contribution in [1.29, 1.82) is 0 Å². The Kier molecular flexibility index (Phi) is 9.36. The van der Waals surface area contributed by atoms with Gasteiger partial charge >= 0.3 is 30.7 Å². The Bertz CT molecular complexity index is 1410. The van der Waals surface area contributed by atoms with Gasteiger partial charge in [-0.05, 0) is 57.0 Å². The minimum absolute atomic E-state index is 0.152. The number of hydrogen-bond acceptors (Lipinski definition) is 6. The Morgan fingerprint density at radius 2 is 1.45 bits per heavy atom. The molecule has 1 heterocycles. The van der Waals surface area contributed by atoms with E-state index < -0.39 is 106 Å². The van der Waals surface area contributed by atoms with E-state index in [0.29, 0.717) is 28.0 Å². The molecule has 0 fully saturated rings. The quantitative estimate of drug-likeness (QED) is 0.185. The molecule has 2 unspecified atom stereocenters. The van der Waals surface area contributed by atoms with E-state index in [9.17, 15) is 59.2 Å². The molecule has 2 aromatic rings. The first-order valence-corrected chi connectivity index (χ1v) is 12.6. The standard InChI is InChI=1S/C26H24F9N3O6/c1-12(2)44-23(40)37-13(3)5-19(18-9-17(26(33,34)35)10-20(21(18)37)38(41)42)36(22(39)43-4)11-14-6-15(24(27,28)29)8-16(7-14)25(30,31)32/h6-10,12-13,19H,5,11H2,1-4H3. The summed E-state index contributed by atoms with van der Waals surface area (Å²) >= 11 is 0. The lowest BCUT2D eigenvalue weighted by atomic mass is 9.88. The van der Waals surface area contributed by atoms with Crippen LogP contribution in [0.5, 0.6) is 0 Å². The largest absolute Gasteiger partial charge is 0.453 e. The third-order valence-electron chi connectivity index (χ3n) is 6.57. The number of anilines is 1. The third-order valence-corrected chi connectivity index (χ3v) is 6.57. The van der Waals surface area contributed by atoms with Crippen molar-refractivity contribution in [2.75, 3.05) is 12.0 Å². The second-order valence-corrected chi connectivity index (χ2v) is 10.1. The fourth-order valence-electron chi connectivity index (χ4n) is 4.79. The number of benzene rings is 2. The molecule has 3 rings (SSSR count). The van der Waals surface area contributed by atoms with E-state index in [1.54, 1.807) is 0 Å². The molecular weight excluding hydrogens is 621 g/mol. The van der Waals surface area contributed by atoms with Crippen LogP contribution in [0.2, 0.25) is 0 Å². The Balaban J connectivity index is 2.33. The third kappa shape index (κ3) is 7.27. The second-order valence-electron chi connectivity index (χ2n) is 10.1. The zero-order chi connectivity index (χ0) is 33.5. The van der Waals surface area contributed by atoms with Crippen molar-refractivity contribution in [3.8, 4) is 0 Å². The van der Waals surface area contributed by atoms with Gasteiger partial charge in [-0.15, -0.1) is 0 Å². The average molecular weight is 645 g/mol. The number of hydrogen-bond donors (Lipinski definition) is 0. The molecule has 0 aliphatic carbocycles. The fourth-order valence-corrected chi connectivity index (χ4v) is 4.79. The number of alkyl halides is 9. The zero-order valence-electron chi connectivity index (χ0n) is 23.2. The van der Waals surface area contributed by atoms with Crippen molar-refractivity contribution in [3.05, 3.63) is 68.3 Å². The van der Waals surface area contributed by atoms with Gasteiger partial charge in [0.1, 0.15) is 5.69 Å². The Labute approximate surface area is 243 Å². The van der Waals surface area contributed by atoms with Crippen LogP contribution in [0.25, 0.3) is 0 Å². The Hall–Kier alpha value is -4.25. The monoisotopic (exact) mass is 645 g/mol. The van der Waals surface area contributed by atoms with Gasteiger partial charge in [-0.3, -0.25) is 19.9 Å². The van der Waals surface area contributed by atoms with Gasteiger partial charge in [0.2, 0.25) is 0 Å². The van der Waals surface area contributed by atoms with Crippen LogP contribution < -0.4 is 4.90 Å². The molecule has 0 saturated heterocycles. The molecule has 9 nitrogen and oxygen atoms in total. The van der Waals surface area contributed by atoms with E-state index >= 15 is 0 Å². The maximum Gasteiger partial charge on any atom is 0.416 e. The fraction of sp³-hybridized carbons (Fsp3) is 0.462. The molecule has 0 N–H and O–H groups in total. The summed E-state index contributed by atoms with van der Waals surface area (Å²) in [6.07, 6.45) is -19.5. The van der Waals surface area contributed by atoms with Crippen molar-refractivity contribution in [2.45, 2.75) is 70.5 Å². The number of carbonyl (C=O) groups is 2. The number of nitrogens with zero attached hydrogens (tertiary/aromatic N) is 3. The zero-order valence-corrected chi connectivity index (χ0v) is 23.2. The van der Waals surface area contributed by atoms with Crippen molar-refractivity contribution in [3.63, 3.8) is 0 Å². The van der Waals surface area contributed by atoms with Crippen molar-refractivity contribution < 1.29 is 63.5 Å². The van der Waals surface area contributed by atoms with E-state index in [1.807, 2.05) is 0 Å². The SMILES string of the molecule is COC(=O)N(Cc1cc(C(F)(F)F)cc(C(F)(F)F)c1)C1CC(C)N(C(=O)OC(C)C)c2c1cc(C(F)(F)F)cc2[N+](=O)[O-]. The van der Waals surface area contributed by atoms with Gasteiger partial charge in [0.15, 0.2) is 0 Å². The van der Waals surface area contributed by atoms with Crippen LogP contribution in [-0.2, 0) is 34.5 Å². The summed E-state index contributed by atoms with van der Waals surface area (Å²) in [4.78, 5) is 38.0. The molecule has 0 radical (unpaired) electrons. The molecule has 0 bridgehead atoms. The minimum atomic E-state index is -5.25. The number of amides is 2. The molecule has 0 aromatic heterocycles. The van der Waals surface area contributed by atoms with Gasteiger partial charge in [0.25, 0.3) is 5.69 Å². The number of fused-ring (bicyclic) bond motifs is 1. The normalized spacial score (nSPS) is 17.3. The van der Waals surface area contributed by atoms with Crippen LogP contribution in [0.3, 0.4) is 0 Å². The molecule has 18 heteroatoms. The number of carbonyl (C=O) groups excluding carboxylic acids is 2. The first-order chi connectivity index (χ1) is 20.1. The molecule has 0 saturated carbocycles. The van der Waals surface area contributed by atoms with Crippen LogP contribution >= 0.6 is 0 Å². The molecule has 1 aliphatic heterocycles. The molecule has 1 aliphatic rings. The number of ether oxygens (including phenoxy) is 2. The number of methoxy groups -OCH3 is 1.